The average molecular weight is 229 g/mol. The van der Waals surface area contributed by atoms with Gasteiger partial charge in [-0.05, 0) is 33.1 Å². The van der Waals surface area contributed by atoms with Crippen LogP contribution in [0.3, 0.4) is 0 Å². The summed E-state index contributed by atoms with van der Waals surface area (Å²) in [5, 5.41) is 8.74. The molecule has 1 N–H and O–H groups in total. The van der Waals surface area contributed by atoms with Gasteiger partial charge >= 0.3 is 12.1 Å². The third kappa shape index (κ3) is 3.72. The van der Waals surface area contributed by atoms with Gasteiger partial charge in [0, 0.05) is 6.04 Å². The van der Waals surface area contributed by atoms with Gasteiger partial charge in [0.2, 0.25) is 0 Å². The summed E-state index contributed by atoms with van der Waals surface area (Å²) in [5.41, 5.74) is -0.591. The van der Waals surface area contributed by atoms with Crippen molar-refractivity contribution in [2.24, 2.45) is 5.92 Å². The molecular formula is C11H19NO4. The van der Waals surface area contributed by atoms with Crippen LogP contribution in [-0.4, -0.2) is 40.3 Å². The fraction of sp³-hybridized carbons (Fsp3) is 0.818. The van der Waals surface area contributed by atoms with Crippen molar-refractivity contribution in [3.8, 4) is 0 Å². The quantitative estimate of drug-likeness (QED) is 0.800. The molecule has 1 amide bonds. The van der Waals surface area contributed by atoms with E-state index in [1.807, 2.05) is 6.92 Å². The minimum absolute atomic E-state index is 0.0194. The van der Waals surface area contributed by atoms with Crippen LogP contribution in [0, 0.1) is 5.92 Å². The van der Waals surface area contributed by atoms with E-state index in [2.05, 4.69) is 0 Å². The van der Waals surface area contributed by atoms with Crippen LogP contribution in [0.4, 0.5) is 4.79 Å². The first kappa shape index (κ1) is 12.8. The first-order chi connectivity index (χ1) is 7.20. The van der Waals surface area contributed by atoms with Crippen molar-refractivity contribution < 1.29 is 19.4 Å². The van der Waals surface area contributed by atoms with E-state index in [-0.39, 0.29) is 12.6 Å². The van der Waals surface area contributed by atoms with Crippen molar-refractivity contribution in [2.45, 2.75) is 45.8 Å². The molecule has 92 valence electrons. The van der Waals surface area contributed by atoms with Crippen molar-refractivity contribution in [3.63, 3.8) is 0 Å². The number of nitrogens with zero attached hydrogens (tertiary/aromatic N) is 1. The number of carbonyl (C=O) groups excluding carboxylic acids is 1. The fourth-order valence-corrected chi connectivity index (χ4v) is 1.52. The molecule has 1 fully saturated rings. The van der Waals surface area contributed by atoms with E-state index in [1.165, 1.54) is 4.90 Å². The zero-order valence-corrected chi connectivity index (χ0v) is 10.2. The molecule has 16 heavy (non-hydrogen) atoms. The van der Waals surface area contributed by atoms with Crippen LogP contribution in [0.1, 0.15) is 34.1 Å². The number of carboxylic acid groups (broad SMARTS) is 1. The molecule has 2 atom stereocenters. The highest BCUT2D eigenvalue weighted by atomic mass is 16.6. The lowest BCUT2D eigenvalue weighted by atomic mass is 10.2. The zero-order chi connectivity index (χ0) is 12.5. The molecule has 0 aliphatic heterocycles. The molecule has 1 rings (SSSR count). The highest BCUT2D eigenvalue weighted by Crippen LogP contribution is 2.35. The maximum Gasteiger partial charge on any atom is 0.411 e. The second kappa shape index (κ2) is 4.31. The lowest BCUT2D eigenvalue weighted by Crippen LogP contribution is -2.41. The molecule has 5 nitrogen and oxygen atoms in total. The Labute approximate surface area is 95.4 Å². The Kier molecular flexibility index (Phi) is 3.45. The van der Waals surface area contributed by atoms with Gasteiger partial charge in [-0.2, -0.15) is 0 Å². The molecule has 0 bridgehead atoms. The predicted octanol–water partition coefficient (Wildman–Crippen LogP) is 1.72. The van der Waals surface area contributed by atoms with Gasteiger partial charge in [-0.25, -0.2) is 4.79 Å². The van der Waals surface area contributed by atoms with E-state index in [9.17, 15) is 9.59 Å². The Hall–Kier alpha value is -1.26. The second-order valence-electron chi connectivity index (χ2n) is 5.28. The van der Waals surface area contributed by atoms with Crippen LogP contribution in [0.15, 0.2) is 0 Å². The van der Waals surface area contributed by atoms with Gasteiger partial charge in [-0.1, -0.05) is 6.92 Å². The fourth-order valence-electron chi connectivity index (χ4n) is 1.52. The van der Waals surface area contributed by atoms with Crippen molar-refractivity contribution in [2.75, 3.05) is 6.54 Å². The van der Waals surface area contributed by atoms with Crippen LogP contribution in [0.25, 0.3) is 0 Å². The molecule has 1 aliphatic carbocycles. The summed E-state index contributed by atoms with van der Waals surface area (Å²) < 4.78 is 5.17. The highest BCUT2D eigenvalue weighted by molar-refractivity contribution is 5.77. The van der Waals surface area contributed by atoms with Crippen molar-refractivity contribution in [3.05, 3.63) is 0 Å². The van der Waals surface area contributed by atoms with Gasteiger partial charge in [-0.15, -0.1) is 0 Å². The molecule has 2 unspecified atom stereocenters. The van der Waals surface area contributed by atoms with Crippen LogP contribution in [0.2, 0.25) is 0 Å². The normalized spacial score (nSPS) is 23.8. The second-order valence-corrected chi connectivity index (χ2v) is 5.28. The number of carbonyl (C=O) groups is 2. The molecule has 0 spiro atoms. The van der Waals surface area contributed by atoms with Crippen LogP contribution < -0.4 is 0 Å². The maximum absolute atomic E-state index is 11.8. The molecule has 0 radical (unpaired) electrons. The number of rotatable bonds is 3. The molecule has 0 aromatic heterocycles. The van der Waals surface area contributed by atoms with E-state index in [1.54, 1.807) is 20.8 Å². The van der Waals surface area contributed by atoms with Gasteiger partial charge < -0.3 is 9.84 Å². The minimum atomic E-state index is -1.01. The summed E-state index contributed by atoms with van der Waals surface area (Å²) in [5.74, 6) is -0.642. The average Bonchev–Trinajstić information content (AvgIpc) is 2.74. The summed E-state index contributed by atoms with van der Waals surface area (Å²) >= 11 is 0. The van der Waals surface area contributed by atoms with E-state index >= 15 is 0 Å². The van der Waals surface area contributed by atoms with Crippen LogP contribution in [0.5, 0.6) is 0 Å². The molecule has 0 aromatic rings. The molecule has 0 aromatic carbocycles. The maximum atomic E-state index is 11.8. The van der Waals surface area contributed by atoms with E-state index in [0.29, 0.717) is 5.92 Å². The van der Waals surface area contributed by atoms with Gasteiger partial charge in [0.15, 0.2) is 0 Å². The first-order valence-electron chi connectivity index (χ1n) is 5.42. The Morgan fingerprint density at radius 3 is 2.25 bits per heavy atom. The monoisotopic (exact) mass is 229 g/mol. The number of carboxylic acids is 1. The molecule has 5 heteroatoms. The number of hydrogen-bond donors (Lipinski definition) is 1. The smallest absolute Gasteiger partial charge is 0.411 e. The first-order valence-corrected chi connectivity index (χ1v) is 5.42. The van der Waals surface area contributed by atoms with Crippen LogP contribution >= 0.6 is 0 Å². The van der Waals surface area contributed by atoms with E-state index < -0.39 is 17.7 Å². The Bertz CT molecular complexity index is 295. The zero-order valence-electron chi connectivity index (χ0n) is 10.2. The third-order valence-corrected chi connectivity index (χ3v) is 2.40. The minimum Gasteiger partial charge on any atom is -0.480 e. The molecule has 0 heterocycles. The number of aliphatic carboxylic acids is 1. The summed E-state index contributed by atoms with van der Waals surface area (Å²) in [6.07, 6.45) is 0.316. The van der Waals surface area contributed by atoms with E-state index in [4.69, 9.17) is 9.84 Å². The number of amides is 1. The summed E-state index contributed by atoms with van der Waals surface area (Å²) in [4.78, 5) is 23.7. The largest absolute Gasteiger partial charge is 0.480 e. The SMILES string of the molecule is CC1CC1N(CC(=O)O)C(=O)OC(C)(C)C. The van der Waals surface area contributed by atoms with Crippen LogP contribution in [-0.2, 0) is 9.53 Å². The Morgan fingerprint density at radius 2 is 1.94 bits per heavy atom. The topological polar surface area (TPSA) is 66.8 Å². The lowest BCUT2D eigenvalue weighted by molar-refractivity contribution is -0.138. The highest BCUT2D eigenvalue weighted by Gasteiger charge is 2.42. The van der Waals surface area contributed by atoms with Gasteiger partial charge in [-0.3, -0.25) is 9.69 Å². The number of ether oxygens (including phenoxy) is 1. The molecular weight excluding hydrogens is 210 g/mol. The van der Waals surface area contributed by atoms with Crippen molar-refractivity contribution in [1.82, 2.24) is 4.90 Å². The standard InChI is InChI=1S/C11H19NO4/c1-7-5-8(7)12(6-9(13)14)10(15)16-11(2,3)4/h7-8H,5-6H2,1-4H3,(H,13,14). The Morgan fingerprint density at radius 1 is 1.44 bits per heavy atom. The van der Waals surface area contributed by atoms with Gasteiger partial charge in [0.05, 0.1) is 0 Å². The summed E-state index contributed by atoms with van der Waals surface area (Å²) in [7, 11) is 0. The predicted molar refractivity (Wildman–Crippen MR) is 58.1 cm³/mol. The summed E-state index contributed by atoms with van der Waals surface area (Å²) in [6.45, 7) is 6.99. The molecule has 0 saturated heterocycles. The molecule has 1 aliphatic rings. The van der Waals surface area contributed by atoms with Gasteiger partial charge in [0.25, 0.3) is 0 Å². The number of hydrogen-bond acceptors (Lipinski definition) is 3. The van der Waals surface area contributed by atoms with Crippen molar-refractivity contribution >= 4 is 12.1 Å². The van der Waals surface area contributed by atoms with E-state index in [0.717, 1.165) is 6.42 Å². The Balaban J connectivity index is 2.62. The van der Waals surface area contributed by atoms with Crippen molar-refractivity contribution in [1.29, 1.82) is 0 Å². The molecule has 1 saturated carbocycles. The lowest BCUT2D eigenvalue weighted by Gasteiger charge is -2.26. The third-order valence-electron chi connectivity index (χ3n) is 2.40. The summed E-state index contributed by atoms with van der Waals surface area (Å²) in [6, 6.07) is 0.0194. The van der Waals surface area contributed by atoms with Gasteiger partial charge in [0.1, 0.15) is 12.1 Å².